The van der Waals surface area contributed by atoms with Gasteiger partial charge < -0.3 is 10.1 Å². The third-order valence-electron chi connectivity index (χ3n) is 5.61. The van der Waals surface area contributed by atoms with Crippen LogP contribution in [-0.4, -0.2) is 27.1 Å². The van der Waals surface area contributed by atoms with Gasteiger partial charge in [-0.15, -0.1) is 12.4 Å². The van der Waals surface area contributed by atoms with E-state index in [0.29, 0.717) is 23.9 Å². The van der Waals surface area contributed by atoms with Crippen LogP contribution in [0.25, 0.3) is 0 Å². The molecule has 0 radical (unpaired) electrons. The second-order valence-corrected chi connectivity index (χ2v) is 9.65. The van der Waals surface area contributed by atoms with Gasteiger partial charge in [-0.05, 0) is 50.1 Å². The third kappa shape index (κ3) is 5.01. The lowest BCUT2D eigenvalue weighted by Crippen LogP contribution is -2.40. The highest BCUT2D eigenvalue weighted by Crippen LogP contribution is 2.61. The summed E-state index contributed by atoms with van der Waals surface area (Å²) < 4.78 is 30.0. The van der Waals surface area contributed by atoms with E-state index in [0.717, 1.165) is 18.7 Å². The van der Waals surface area contributed by atoms with Crippen LogP contribution in [0.4, 0.5) is 11.4 Å². The Kier molecular flexibility index (Phi) is 7.71. The molecule has 1 aliphatic carbocycles. The SMILES string of the molecule is Cl.OS1(O)C(CCCNC2CCCCC2)Oc2ccccc2N1c1ccccc1. The molecule has 1 unspecified atom stereocenters. The number of rotatable bonds is 6. The van der Waals surface area contributed by atoms with Crippen molar-refractivity contribution in [1.29, 1.82) is 0 Å². The van der Waals surface area contributed by atoms with Crippen molar-refractivity contribution in [3.8, 4) is 5.75 Å². The molecular formula is C22H31ClN2O3S. The zero-order valence-corrected chi connectivity index (χ0v) is 18.2. The smallest absolute Gasteiger partial charge is 0.206 e. The highest BCUT2D eigenvalue weighted by molar-refractivity contribution is 8.26. The zero-order chi connectivity index (χ0) is 19.4. The third-order valence-corrected chi connectivity index (χ3v) is 7.59. The molecule has 1 atom stereocenters. The molecule has 0 amide bonds. The van der Waals surface area contributed by atoms with Crippen molar-refractivity contribution < 1.29 is 13.8 Å². The number of hydrogen-bond acceptors (Lipinski definition) is 5. The first-order valence-electron chi connectivity index (χ1n) is 10.3. The van der Waals surface area contributed by atoms with Gasteiger partial charge in [-0.2, -0.15) is 0 Å². The predicted molar refractivity (Wildman–Crippen MR) is 124 cm³/mol. The van der Waals surface area contributed by atoms with E-state index in [-0.39, 0.29) is 12.4 Å². The van der Waals surface area contributed by atoms with Crippen molar-refractivity contribution >= 4 is 34.6 Å². The van der Waals surface area contributed by atoms with Crippen molar-refractivity contribution in [2.75, 3.05) is 10.8 Å². The van der Waals surface area contributed by atoms with Crippen LogP contribution in [0.5, 0.6) is 5.75 Å². The van der Waals surface area contributed by atoms with E-state index < -0.39 is 16.2 Å². The summed E-state index contributed by atoms with van der Waals surface area (Å²) in [5, 5.41) is 3.63. The van der Waals surface area contributed by atoms with Crippen LogP contribution < -0.4 is 14.4 Å². The van der Waals surface area contributed by atoms with Crippen LogP contribution >= 0.6 is 23.2 Å². The minimum absolute atomic E-state index is 0. The normalized spacial score (nSPS) is 22.1. The number of anilines is 2. The average molecular weight is 439 g/mol. The molecule has 0 bridgehead atoms. The van der Waals surface area contributed by atoms with Crippen LogP contribution in [0.3, 0.4) is 0 Å². The Morgan fingerprint density at radius 2 is 1.66 bits per heavy atom. The highest BCUT2D eigenvalue weighted by Gasteiger charge is 2.40. The lowest BCUT2D eigenvalue weighted by atomic mass is 9.95. The summed E-state index contributed by atoms with van der Waals surface area (Å²) in [6.07, 6.45) is 7.93. The molecule has 0 saturated heterocycles. The maximum absolute atomic E-state index is 11.2. The molecule has 1 saturated carbocycles. The second kappa shape index (κ2) is 10.0. The lowest BCUT2D eigenvalue weighted by molar-refractivity contribution is 0.233. The Bertz CT molecular complexity index is 772. The minimum atomic E-state index is -3.15. The number of nitrogens with one attached hydrogen (secondary N) is 1. The lowest BCUT2D eigenvalue weighted by Gasteiger charge is -2.51. The summed E-state index contributed by atoms with van der Waals surface area (Å²) in [4.78, 5) is 0. The van der Waals surface area contributed by atoms with E-state index in [9.17, 15) is 9.11 Å². The van der Waals surface area contributed by atoms with E-state index in [4.69, 9.17) is 4.74 Å². The fourth-order valence-corrected chi connectivity index (χ4v) is 5.97. The average Bonchev–Trinajstić information content (AvgIpc) is 2.72. The number of nitrogens with zero attached hydrogens (tertiary/aromatic N) is 1. The van der Waals surface area contributed by atoms with E-state index in [1.54, 1.807) is 4.31 Å². The number of ether oxygens (including phenoxy) is 1. The van der Waals surface area contributed by atoms with Crippen LogP contribution in [0.2, 0.25) is 0 Å². The molecule has 5 nitrogen and oxygen atoms in total. The molecule has 2 aromatic carbocycles. The molecule has 2 aliphatic rings. The predicted octanol–water partition coefficient (Wildman–Crippen LogP) is 6.33. The Morgan fingerprint density at radius 3 is 2.41 bits per heavy atom. The van der Waals surface area contributed by atoms with Crippen LogP contribution in [0, 0.1) is 0 Å². The number of fused-ring (bicyclic) bond motifs is 1. The Hall–Kier alpha value is -1.44. The molecule has 160 valence electrons. The van der Waals surface area contributed by atoms with Gasteiger partial charge in [-0.1, -0.05) is 60.4 Å². The van der Waals surface area contributed by atoms with Crippen LogP contribution in [-0.2, 0) is 0 Å². The topological polar surface area (TPSA) is 65.0 Å². The van der Waals surface area contributed by atoms with Crippen molar-refractivity contribution in [2.24, 2.45) is 0 Å². The van der Waals surface area contributed by atoms with Gasteiger partial charge >= 0.3 is 0 Å². The maximum Gasteiger partial charge on any atom is 0.206 e. The van der Waals surface area contributed by atoms with Gasteiger partial charge in [0.15, 0.2) is 0 Å². The molecule has 1 heterocycles. The van der Waals surface area contributed by atoms with Gasteiger partial charge in [0.05, 0.1) is 5.69 Å². The van der Waals surface area contributed by atoms with Crippen molar-refractivity contribution in [1.82, 2.24) is 5.32 Å². The van der Waals surface area contributed by atoms with Gasteiger partial charge in [-0.3, -0.25) is 9.11 Å². The van der Waals surface area contributed by atoms with Gasteiger partial charge in [0, 0.05) is 12.5 Å². The van der Waals surface area contributed by atoms with E-state index in [1.807, 2.05) is 54.6 Å². The molecular weight excluding hydrogens is 408 g/mol. The zero-order valence-electron chi connectivity index (χ0n) is 16.6. The van der Waals surface area contributed by atoms with Crippen molar-refractivity contribution in [3.63, 3.8) is 0 Å². The van der Waals surface area contributed by atoms with E-state index in [1.165, 1.54) is 32.1 Å². The van der Waals surface area contributed by atoms with E-state index in [2.05, 4.69) is 5.32 Å². The molecule has 3 N–H and O–H groups in total. The number of para-hydroxylation sites is 3. The standard InChI is InChI=1S/C22H30N2O3S.ClH/c25-28(26)22(16-9-17-23-18-10-3-1-4-11-18)27-21-15-8-7-14-20(21)24(28)19-12-5-2-6-13-19;/h2,5-8,12-15,18,22-23,25-26H,1,3-4,9-11,16-17H2;1H. The summed E-state index contributed by atoms with van der Waals surface area (Å²) in [5.41, 5.74) is 0.824. The molecule has 1 aliphatic heterocycles. The van der Waals surface area contributed by atoms with Crippen LogP contribution in [0.1, 0.15) is 44.9 Å². The summed E-state index contributed by atoms with van der Waals surface area (Å²) >= 11 is 0. The Morgan fingerprint density at radius 1 is 0.966 bits per heavy atom. The molecule has 1 fully saturated rings. The van der Waals surface area contributed by atoms with E-state index >= 15 is 0 Å². The van der Waals surface area contributed by atoms with Gasteiger partial charge in [0.25, 0.3) is 0 Å². The van der Waals surface area contributed by atoms with Gasteiger partial charge in [0.1, 0.15) is 11.4 Å². The first-order valence-corrected chi connectivity index (χ1v) is 11.8. The summed E-state index contributed by atoms with van der Waals surface area (Å²) in [6, 6.07) is 17.7. The molecule has 0 aromatic heterocycles. The van der Waals surface area contributed by atoms with Gasteiger partial charge in [0.2, 0.25) is 5.44 Å². The fraction of sp³-hybridized carbons (Fsp3) is 0.455. The van der Waals surface area contributed by atoms with Crippen molar-refractivity contribution in [2.45, 2.75) is 56.4 Å². The highest BCUT2D eigenvalue weighted by atomic mass is 35.5. The number of benzene rings is 2. The maximum atomic E-state index is 11.2. The quantitative estimate of drug-likeness (QED) is 0.459. The molecule has 29 heavy (non-hydrogen) atoms. The molecule has 7 heteroatoms. The number of halogens is 1. The van der Waals surface area contributed by atoms with Gasteiger partial charge in [-0.25, -0.2) is 4.31 Å². The molecule has 4 rings (SSSR count). The number of hydrogen-bond donors (Lipinski definition) is 3. The summed E-state index contributed by atoms with van der Waals surface area (Å²) in [6.45, 7) is 0.882. The largest absolute Gasteiger partial charge is 0.467 e. The van der Waals surface area contributed by atoms with Crippen LogP contribution in [0.15, 0.2) is 54.6 Å². The summed E-state index contributed by atoms with van der Waals surface area (Å²) in [7, 11) is -3.15. The summed E-state index contributed by atoms with van der Waals surface area (Å²) in [5.74, 6) is 0.697. The monoisotopic (exact) mass is 438 g/mol. The molecule has 2 aromatic rings. The second-order valence-electron chi connectivity index (χ2n) is 7.64. The fourth-order valence-electron chi connectivity index (χ4n) is 4.15. The Labute approximate surface area is 181 Å². The van der Waals surface area contributed by atoms with Crippen molar-refractivity contribution in [3.05, 3.63) is 54.6 Å². The first-order chi connectivity index (χ1) is 13.7. The molecule has 0 spiro atoms. The minimum Gasteiger partial charge on any atom is -0.467 e. The first kappa shape index (κ1) is 22.2. The Balaban J connectivity index is 0.00000240.